The normalized spacial score (nSPS) is 10.8. The third-order valence-corrected chi connectivity index (χ3v) is 3.52. The summed E-state index contributed by atoms with van der Waals surface area (Å²) in [5.41, 5.74) is 0.779. The van der Waals surface area contributed by atoms with Gasteiger partial charge < -0.3 is 5.11 Å². The highest BCUT2D eigenvalue weighted by molar-refractivity contribution is 6.35. The summed E-state index contributed by atoms with van der Waals surface area (Å²) in [6.45, 7) is 0. The Kier molecular flexibility index (Phi) is 3.31. The van der Waals surface area contributed by atoms with Gasteiger partial charge in [-0.15, -0.1) is 0 Å². The first-order valence-electron chi connectivity index (χ1n) is 6.14. The van der Waals surface area contributed by atoms with E-state index in [0.29, 0.717) is 27.1 Å². The Hall–Kier alpha value is -2.46. The van der Waals surface area contributed by atoms with Gasteiger partial charge in [0, 0.05) is 22.5 Å². The molecule has 0 saturated carbocycles. The van der Waals surface area contributed by atoms with Crippen LogP contribution in [0.5, 0.6) is 0 Å². The predicted molar refractivity (Wildman–Crippen MR) is 79.1 cm³/mol. The van der Waals surface area contributed by atoms with Crippen LogP contribution in [0.25, 0.3) is 22.0 Å². The van der Waals surface area contributed by atoms with Gasteiger partial charge in [0.05, 0.1) is 16.3 Å². The molecule has 0 unspecified atom stereocenters. The van der Waals surface area contributed by atoms with Crippen LogP contribution in [0.2, 0.25) is 5.02 Å². The van der Waals surface area contributed by atoms with Crippen LogP contribution in [-0.4, -0.2) is 16.1 Å². The van der Waals surface area contributed by atoms with E-state index < -0.39 is 11.8 Å². The summed E-state index contributed by atoms with van der Waals surface area (Å²) in [4.78, 5) is 15.3. The number of hydrogen-bond donors (Lipinski definition) is 1. The second kappa shape index (κ2) is 5.14. The molecule has 0 atom stereocenters. The molecule has 1 aromatic heterocycles. The molecule has 0 saturated heterocycles. The van der Waals surface area contributed by atoms with Gasteiger partial charge in [0.15, 0.2) is 0 Å². The monoisotopic (exact) mass is 301 g/mol. The molecule has 3 aromatic rings. The van der Waals surface area contributed by atoms with E-state index in [1.165, 1.54) is 24.4 Å². The fraction of sp³-hybridized carbons (Fsp3) is 0. The van der Waals surface area contributed by atoms with Crippen LogP contribution in [0.4, 0.5) is 4.39 Å². The highest BCUT2D eigenvalue weighted by Crippen LogP contribution is 2.32. The van der Waals surface area contributed by atoms with Crippen LogP contribution in [-0.2, 0) is 0 Å². The molecule has 0 aliphatic heterocycles. The van der Waals surface area contributed by atoms with Crippen LogP contribution in [0, 0.1) is 5.82 Å². The number of carboxylic acid groups (broad SMARTS) is 1. The van der Waals surface area contributed by atoms with Gasteiger partial charge in [-0.25, -0.2) is 9.18 Å². The molecule has 2 aromatic carbocycles. The maximum absolute atomic E-state index is 14.0. The summed E-state index contributed by atoms with van der Waals surface area (Å²) in [5.74, 6) is -1.48. The summed E-state index contributed by atoms with van der Waals surface area (Å²) in [6.07, 6.45) is 1.44. The van der Waals surface area contributed by atoms with Crippen molar-refractivity contribution in [3.05, 3.63) is 65.1 Å². The van der Waals surface area contributed by atoms with Crippen LogP contribution in [0.15, 0.2) is 48.7 Å². The summed E-state index contributed by atoms with van der Waals surface area (Å²) in [7, 11) is 0. The molecular weight excluding hydrogens is 293 g/mol. The molecule has 21 heavy (non-hydrogen) atoms. The molecular formula is C16H9ClFNO2. The van der Waals surface area contributed by atoms with Gasteiger partial charge in [-0.3, -0.25) is 4.98 Å². The Labute approximate surface area is 124 Å². The topological polar surface area (TPSA) is 50.2 Å². The number of hydrogen-bond acceptors (Lipinski definition) is 2. The minimum Gasteiger partial charge on any atom is -0.478 e. The Morgan fingerprint density at radius 3 is 2.62 bits per heavy atom. The van der Waals surface area contributed by atoms with E-state index in [9.17, 15) is 9.18 Å². The van der Waals surface area contributed by atoms with Crippen molar-refractivity contribution < 1.29 is 14.3 Å². The molecule has 0 spiro atoms. The van der Waals surface area contributed by atoms with Gasteiger partial charge in [-0.2, -0.15) is 0 Å². The largest absolute Gasteiger partial charge is 0.478 e. The molecule has 0 fully saturated rings. The van der Waals surface area contributed by atoms with Crippen LogP contribution in [0.1, 0.15) is 10.4 Å². The van der Waals surface area contributed by atoms with Crippen molar-refractivity contribution in [2.75, 3.05) is 0 Å². The summed E-state index contributed by atoms with van der Waals surface area (Å²) in [6, 6.07) is 10.7. The standard InChI is InChI=1S/C16H9ClFNO2/c17-13-8-19-15(11-3-1-2-4-14(11)18)12-7-9(16(20)21)5-6-10(12)13/h1-8H,(H,20,21). The van der Waals surface area contributed by atoms with Crippen molar-refractivity contribution in [3.8, 4) is 11.3 Å². The average Bonchev–Trinajstić information content (AvgIpc) is 2.48. The molecule has 5 heteroatoms. The lowest BCUT2D eigenvalue weighted by Crippen LogP contribution is -1.97. The van der Waals surface area contributed by atoms with Crippen molar-refractivity contribution in [2.24, 2.45) is 0 Å². The number of pyridine rings is 1. The maximum atomic E-state index is 14.0. The number of carbonyl (C=O) groups is 1. The quantitative estimate of drug-likeness (QED) is 0.763. The van der Waals surface area contributed by atoms with E-state index in [1.807, 2.05) is 0 Å². The van der Waals surface area contributed by atoms with E-state index in [4.69, 9.17) is 16.7 Å². The second-order valence-electron chi connectivity index (χ2n) is 4.50. The minimum absolute atomic E-state index is 0.101. The minimum atomic E-state index is -1.06. The molecule has 1 heterocycles. The van der Waals surface area contributed by atoms with Gasteiger partial charge in [-0.1, -0.05) is 29.8 Å². The number of halogens is 2. The summed E-state index contributed by atoms with van der Waals surface area (Å²) in [5, 5.41) is 10.6. The van der Waals surface area contributed by atoms with E-state index in [-0.39, 0.29) is 5.56 Å². The lowest BCUT2D eigenvalue weighted by Gasteiger charge is -2.09. The number of carboxylic acids is 1. The Balaban J connectivity index is 2.38. The Morgan fingerprint density at radius 1 is 1.14 bits per heavy atom. The summed E-state index contributed by atoms with van der Waals surface area (Å²) >= 11 is 6.08. The van der Waals surface area contributed by atoms with Crippen LogP contribution < -0.4 is 0 Å². The lowest BCUT2D eigenvalue weighted by molar-refractivity contribution is 0.0697. The predicted octanol–water partition coefficient (Wildman–Crippen LogP) is 4.39. The Bertz CT molecular complexity index is 864. The number of aromatic nitrogens is 1. The second-order valence-corrected chi connectivity index (χ2v) is 4.91. The zero-order chi connectivity index (χ0) is 15.0. The van der Waals surface area contributed by atoms with Crippen LogP contribution in [0.3, 0.4) is 0 Å². The van der Waals surface area contributed by atoms with Crippen molar-refractivity contribution in [3.63, 3.8) is 0 Å². The fourth-order valence-electron chi connectivity index (χ4n) is 2.21. The fourth-order valence-corrected chi connectivity index (χ4v) is 2.42. The number of nitrogens with zero attached hydrogens (tertiary/aromatic N) is 1. The van der Waals surface area contributed by atoms with Gasteiger partial charge in [0.1, 0.15) is 5.82 Å². The van der Waals surface area contributed by atoms with Crippen LogP contribution >= 0.6 is 11.6 Å². The molecule has 0 aliphatic carbocycles. The molecule has 0 amide bonds. The smallest absolute Gasteiger partial charge is 0.335 e. The van der Waals surface area contributed by atoms with E-state index in [0.717, 1.165) is 0 Å². The Morgan fingerprint density at radius 2 is 1.90 bits per heavy atom. The number of benzene rings is 2. The van der Waals surface area contributed by atoms with Gasteiger partial charge in [-0.05, 0) is 24.3 Å². The maximum Gasteiger partial charge on any atom is 0.335 e. The first-order valence-corrected chi connectivity index (χ1v) is 6.52. The van der Waals surface area contributed by atoms with E-state index in [1.54, 1.807) is 24.3 Å². The van der Waals surface area contributed by atoms with Crippen molar-refractivity contribution in [1.82, 2.24) is 4.98 Å². The molecule has 3 nitrogen and oxygen atoms in total. The first kappa shape index (κ1) is 13.5. The molecule has 0 radical (unpaired) electrons. The molecule has 104 valence electrons. The first-order chi connectivity index (χ1) is 10.1. The lowest BCUT2D eigenvalue weighted by atomic mass is 10.0. The SMILES string of the molecule is O=C(O)c1ccc2c(Cl)cnc(-c3ccccc3F)c2c1. The van der Waals surface area contributed by atoms with Gasteiger partial charge in [0.25, 0.3) is 0 Å². The number of fused-ring (bicyclic) bond motifs is 1. The number of aromatic carboxylic acids is 1. The van der Waals surface area contributed by atoms with Gasteiger partial charge in [0.2, 0.25) is 0 Å². The molecule has 0 aliphatic rings. The zero-order valence-corrected chi connectivity index (χ0v) is 11.4. The van der Waals surface area contributed by atoms with E-state index in [2.05, 4.69) is 4.98 Å². The highest BCUT2D eigenvalue weighted by atomic mass is 35.5. The van der Waals surface area contributed by atoms with E-state index >= 15 is 0 Å². The highest BCUT2D eigenvalue weighted by Gasteiger charge is 2.14. The summed E-state index contributed by atoms with van der Waals surface area (Å²) < 4.78 is 14.0. The molecule has 3 rings (SSSR count). The average molecular weight is 302 g/mol. The zero-order valence-electron chi connectivity index (χ0n) is 10.7. The number of rotatable bonds is 2. The third-order valence-electron chi connectivity index (χ3n) is 3.21. The van der Waals surface area contributed by atoms with Crippen molar-refractivity contribution in [1.29, 1.82) is 0 Å². The van der Waals surface area contributed by atoms with Crippen molar-refractivity contribution in [2.45, 2.75) is 0 Å². The molecule has 0 bridgehead atoms. The third kappa shape index (κ3) is 2.34. The molecule has 1 N–H and O–H groups in total. The van der Waals surface area contributed by atoms with Crippen molar-refractivity contribution >= 4 is 28.3 Å². The van der Waals surface area contributed by atoms with Gasteiger partial charge >= 0.3 is 5.97 Å².